The maximum atomic E-state index is 13.1. The molecule has 0 spiro atoms. The predicted molar refractivity (Wildman–Crippen MR) is 79.8 cm³/mol. The fraction of sp³-hybridized carbons (Fsp3) is 0.250. The molecule has 2 aromatic heterocycles. The summed E-state index contributed by atoms with van der Waals surface area (Å²) in [4.78, 5) is 12.3. The molecule has 1 aromatic carbocycles. The summed E-state index contributed by atoms with van der Waals surface area (Å²) >= 11 is 0. The lowest BCUT2D eigenvalue weighted by atomic mass is 10.0. The third-order valence-electron chi connectivity index (χ3n) is 4.33. The van der Waals surface area contributed by atoms with E-state index in [2.05, 4.69) is 10.5 Å². The molecule has 124 valence electrons. The van der Waals surface area contributed by atoms with Gasteiger partial charge in [-0.25, -0.2) is 4.79 Å². The Labute approximate surface area is 134 Å². The molecular weight excluding hydrogens is 323 g/mol. The van der Waals surface area contributed by atoms with Gasteiger partial charge in [0.05, 0.1) is 5.52 Å². The van der Waals surface area contributed by atoms with Crippen molar-refractivity contribution in [3.05, 3.63) is 48.4 Å². The van der Waals surface area contributed by atoms with E-state index in [1.165, 1.54) is 4.57 Å². The summed E-state index contributed by atoms with van der Waals surface area (Å²) in [5.74, 6) is -0.300. The number of hydrogen-bond donors (Lipinski definition) is 1. The van der Waals surface area contributed by atoms with Gasteiger partial charge in [-0.05, 0) is 25.0 Å². The maximum absolute atomic E-state index is 13.1. The summed E-state index contributed by atoms with van der Waals surface area (Å²) in [5, 5.41) is 6.88. The van der Waals surface area contributed by atoms with E-state index < -0.39 is 17.6 Å². The number of carbonyl (C=O) groups is 1. The Hall–Kier alpha value is -2.77. The minimum absolute atomic E-state index is 0.0265. The molecule has 1 amide bonds. The Morgan fingerprint density at radius 3 is 2.71 bits per heavy atom. The van der Waals surface area contributed by atoms with Crippen LogP contribution in [0.25, 0.3) is 10.9 Å². The molecule has 1 aliphatic rings. The molecule has 1 fully saturated rings. The fourth-order valence-electron chi connectivity index (χ4n) is 2.78. The number of para-hydroxylation sites is 1. The number of benzene rings is 1. The third-order valence-corrected chi connectivity index (χ3v) is 4.33. The number of anilines is 1. The quantitative estimate of drug-likeness (QED) is 0.759. The van der Waals surface area contributed by atoms with Crippen molar-refractivity contribution < 1.29 is 22.5 Å². The number of alkyl halides is 3. The van der Waals surface area contributed by atoms with E-state index in [0.29, 0.717) is 5.52 Å². The van der Waals surface area contributed by atoms with Crippen molar-refractivity contribution in [3.8, 4) is 0 Å². The summed E-state index contributed by atoms with van der Waals surface area (Å²) in [6.45, 7) is 0. The molecule has 3 aromatic rings. The number of hydrogen-bond acceptors (Lipinski definition) is 3. The predicted octanol–water partition coefficient (Wildman–Crippen LogP) is 4.30. The molecule has 5 nitrogen and oxygen atoms in total. The van der Waals surface area contributed by atoms with Crippen LogP contribution >= 0.6 is 0 Å². The average molecular weight is 335 g/mol. The number of amides is 1. The number of nitrogens with zero attached hydrogens (tertiary/aromatic N) is 2. The van der Waals surface area contributed by atoms with Crippen molar-refractivity contribution in [2.24, 2.45) is 0 Å². The monoisotopic (exact) mass is 335 g/mol. The lowest BCUT2D eigenvalue weighted by molar-refractivity contribution is -0.165. The highest BCUT2D eigenvalue weighted by Crippen LogP contribution is 2.59. The highest BCUT2D eigenvalue weighted by atomic mass is 19.4. The van der Waals surface area contributed by atoms with Gasteiger partial charge >= 0.3 is 12.2 Å². The zero-order valence-electron chi connectivity index (χ0n) is 12.3. The number of fused-ring (bicyclic) bond motifs is 1. The molecule has 4 rings (SSSR count). The van der Waals surface area contributed by atoms with Crippen molar-refractivity contribution in [2.45, 2.75) is 24.4 Å². The van der Waals surface area contributed by atoms with Crippen LogP contribution in [0.5, 0.6) is 0 Å². The molecule has 8 heteroatoms. The van der Waals surface area contributed by atoms with Gasteiger partial charge in [-0.1, -0.05) is 23.4 Å². The van der Waals surface area contributed by atoms with E-state index >= 15 is 0 Å². The van der Waals surface area contributed by atoms with Gasteiger partial charge in [-0.3, -0.25) is 9.88 Å². The van der Waals surface area contributed by atoms with Gasteiger partial charge in [0.15, 0.2) is 11.6 Å². The van der Waals surface area contributed by atoms with E-state index in [0.717, 1.165) is 11.5 Å². The molecule has 0 bridgehead atoms. The summed E-state index contributed by atoms with van der Waals surface area (Å²) < 4.78 is 45.4. The molecule has 0 saturated heterocycles. The highest BCUT2D eigenvalue weighted by molar-refractivity contribution is 5.97. The molecule has 0 unspecified atom stereocenters. The zero-order valence-corrected chi connectivity index (χ0v) is 12.3. The van der Waals surface area contributed by atoms with Crippen LogP contribution in [0.3, 0.4) is 0 Å². The molecule has 2 heterocycles. The summed E-state index contributed by atoms with van der Waals surface area (Å²) in [6, 6.07) is 9.66. The van der Waals surface area contributed by atoms with Gasteiger partial charge in [0.1, 0.15) is 5.41 Å². The van der Waals surface area contributed by atoms with Crippen LogP contribution in [0.15, 0.2) is 47.1 Å². The van der Waals surface area contributed by atoms with Crippen LogP contribution < -0.4 is 5.32 Å². The van der Waals surface area contributed by atoms with E-state index in [1.54, 1.807) is 24.4 Å². The first-order valence-corrected chi connectivity index (χ1v) is 7.32. The lowest BCUT2D eigenvalue weighted by Gasteiger charge is -2.14. The second kappa shape index (κ2) is 4.86. The molecule has 0 atom stereocenters. The second-order valence-corrected chi connectivity index (χ2v) is 5.83. The van der Waals surface area contributed by atoms with Gasteiger partial charge < -0.3 is 4.52 Å². The molecule has 1 saturated carbocycles. The molecule has 1 N–H and O–H groups in total. The smallest absolute Gasteiger partial charge is 0.358 e. The van der Waals surface area contributed by atoms with Crippen molar-refractivity contribution in [1.29, 1.82) is 0 Å². The summed E-state index contributed by atoms with van der Waals surface area (Å²) in [5.41, 5.74) is -1.27. The van der Waals surface area contributed by atoms with Crippen LogP contribution in [0, 0.1) is 0 Å². The minimum atomic E-state index is -4.38. The Morgan fingerprint density at radius 1 is 1.25 bits per heavy atom. The standard InChI is InChI=1S/C16H12F3N3O2/c17-16(18,19)15(6-7-15)12-9-13(21-24-12)20-14(23)22-8-5-10-3-1-2-4-11(10)22/h1-5,8-9H,6-7H2,(H,20,21,23). The van der Waals surface area contributed by atoms with Crippen LogP contribution in [0.2, 0.25) is 0 Å². The Kier molecular flexibility index (Phi) is 3.00. The average Bonchev–Trinajstić information content (AvgIpc) is 3.05. The number of aromatic nitrogens is 2. The fourth-order valence-corrected chi connectivity index (χ4v) is 2.78. The number of carbonyl (C=O) groups excluding carboxylic acids is 1. The van der Waals surface area contributed by atoms with Gasteiger partial charge in [0, 0.05) is 17.6 Å². The first-order valence-electron chi connectivity index (χ1n) is 7.32. The third kappa shape index (κ3) is 2.17. The summed E-state index contributed by atoms with van der Waals surface area (Å²) in [6.07, 6.45) is -2.85. The number of nitrogens with one attached hydrogen (secondary N) is 1. The Bertz CT molecular complexity index is 922. The van der Waals surface area contributed by atoms with Gasteiger partial charge in [-0.15, -0.1) is 0 Å². The van der Waals surface area contributed by atoms with Crippen LogP contribution in [-0.4, -0.2) is 21.9 Å². The maximum Gasteiger partial charge on any atom is 0.401 e. The van der Waals surface area contributed by atoms with E-state index in [1.807, 2.05) is 12.1 Å². The van der Waals surface area contributed by atoms with E-state index in [4.69, 9.17) is 4.52 Å². The van der Waals surface area contributed by atoms with Crippen molar-refractivity contribution >= 4 is 22.8 Å². The molecule has 1 aliphatic carbocycles. The highest BCUT2D eigenvalue weighted by Gasteiger charge is 2.66. The van der Waals surface area contributed by atoms with Crippen molar-refractivity contribution in [3.63, 3.8) is 0 Å². The van der Waals surface area contributed by atoms with Gasteiger partial charge in [0.25, 0.3) is 0 Å². The zero-order chi connectivity index (χ0) is 16.9. The summed E-state index contributed by atoms with van der Waals surface area (Å²) in [7, 11) is 0. The molecule has 0 radical (unpaired) electrons. The topological polar surface area (TPSA) is 60.1 Å². The second-order valence-electron chi connectivity index (χ2n) is 5.83. The van der Waals surface area contributed by atoms with Crippen LogP contribution in [-0.2, 0) is 5.41 Å². The van der Waals surface area contributed by atoms with Crippen LogP contribution in [0.1, 0.15) is 18.6 Å². The van der Waals surface area contributed by atoms with Gasteiger partial charge in [-0.2, -0.15) is 13.2 Å². The molecular formula is C16H12F3N3O2. The van der Waals surface area contributed by atoms with Crippen molar-refractivity contribution in [1.82, 2.24) is 9.72 Å². The lowest BCUT2D eigenvalue weighted by Crippen LogP contribution is -2.28. The minimum Gasteiger partial charge on any atom is -0.358 e. The first-order chi connectivity index (χ1) is 11.4. The number of halogens is 3. The van der Waals surface area contributed by atoms with Crippen molar-refractivity contribution in [2.75, 3.05) is 5.32 Å². The first kappa shape index (κ1) is 14.8. The molecule has 0 aliphatic heterocycles. The number of rotatable bonds is 2. The molecule has 24 heavy (non-hydrogen) atoms. The van der Waals surface area contributed by atoms with Crippen LogP contribution in [0.4, 0.5) is 23.8 Å². The SMILES string of the molecule is O=C(Nc1cc(C2(C(F)(F)F)CC2)on1)n1ccc2ccccc21. The Morgan fingerprint density at radius 2 is 2.00 bits per heavy atom. The Balaban J connectivity index is 1.57. The van der Waals surface area contributed by atoms with Gasteiger partial charge in [0.2, 0.25) is 0 Å². The van der Waals surface area contributed by atoms with E-state index in [-0.39, 0.29) is 24.4 Å². The largest absolute Gasteiger partial charge is 0.401 e. The normalized spacial score (nSPS) is 16.3. The van der Waals surface area contributed by atoms with E-state index in [9.17, 15) is 18.0 Å².